The standard InChI is InChI=1S/C23H41N3O6S/c1-14(2)18(26-22(31)32-23(3,4)5)20(28)24-13-15-7-9-16(10-8-15)19(27)25-17(21(29)30)11-12-33-6/h14-18H,7-13H2,1-6H3,(H,24,28)(H,25,27)(H,26,31)(H,29,30)/t15?,16?,17-,18-/m0/s1. The van der Waals surface area contributed by atoms with E-state index in [1.165, 1.54) is 0 Å². The molecule has 9 nitrogen and oxygen atoms in total. The zero-order valence-electron chi connectivity index (χ0n) is 20.7. The minimum absolute atomic E-state index is 0.106. The zero-order chi connectivity index (χ0) is 25.2. The van der Waals surface area contributed by atoms with Crippen molar-refractivity contribution in [1.29, 1.82) is 0 Å². The van der Waals surface area contributed by atoms with Crippen molar-refractivity contribution in [2.24, 2.45) is 17.8 Å². The maximum atomic E-state index is 12.7. The monoisotopic (exact) mass is 487 g/mol. The van der Waals surface area contributed by atoms with Gasteiger partial charge in [0.1, 0.15) is 17.7 Å². The summed E-state index contributed by atoms with van der Waals surface area (Å²) in [6.07, 6.45) is 4.53. The Bertz CT molecular complexity index is 672. The van der Waals surface area contributed by atoms with Crippen LogP contribution in [0.5, 0.6) is 0 Å². The molecule has 10 heteroatoms. The van der Waals surface area contributed by atoms with E-state index in [0.717, 1.165) is 12.8 Å². The first-order valence-electron chi connectivity index (χ1n) is 11.6. The van der Waals surface area contributed by atoms with Gasteiger partial charge in [0.15, 0.2) is 0 Å². The van der Waals surface area contributed by atoms with E-state index in [1.54, 1.807) is 32.5 Å². The van der Waals surface area contributed by atoms with E-state index in [-0.39, 0.29) is 29.6 Å². The molecule has 0 radical (unpaired) electrons. The highest BCUT2D eigenvalue weighted by molar-refractivity contribution is 7.98. The summed E-state index contributed by atoms with van der Waals surface area (Å²) >= 11 is 1.55. The Morgan fingerprint density at radius 1 is 1.06 bits per heavy atom. The van der Waals surface area contributed by atoms with Gasteiger partial charge in [-0.15, -0.1) is 0 Å². The number of ether oxygens (including phenoxy) is 1. The smallest absolute Gasteiger partial charge is 0.408 e. The maximum Gasteiger partial charge on any atom is 0.408 e. The van der Waals surface area contributed by atoms with E-state index in [1.807, 2.05) is 20.1 Å². The van der Waals surface area contributed by atoms with Crippen LogP contribution in [0.1, 0.15) is 66.7 Å². The van der Waals surface area contributed by atoms with Crippen molar-refractivity contribution in [2.45, 2.75) is 84.4 Å². The molecule has 1 fully saturated rings. The summed E-state index contributed by atoms with van der Waals surface area (Å²) in [6, 6.07) is -1.55. The quantitative estimate of drug-likeness (QED) is 0.352. The molecule has 0 saturated heterocycles. The fraction of sp³-hybridized carbons (Fsp3) is 0.826. The summed E-state index contributed by atoms with van der Waals surface area (Å²) in [5, 5.41) is 17.6. The summed E-state index contributed by atoms with van der Waals surface area (Å²) < 4.78 is 5.26. The van der Waals surface area contributed by atoms with Gasteiger partial charge in [-0.1, -0.05) is 13.8 Å². The van der Waals surface area contributed by atoms with Crippen molar-refractivity contribution >= 4 is 35.6 Å². The van der Waals surface area contributed by atoms with Crippen LogP contribution in [0.15, 0.2) is 0 Å². The average molecular weight is 488 g/mol. The molecule has 190 valence electrons. The van der Waals surface area contributed by atoms with Crippen LogP contribution < -0.4 is 16.0 Å². The summed E-state index contributed by atoms with van der Waals surface area (Å²) in [5.41, 5.74) is -0.646. The largest absolute Gasteiger partial charge is 0.480 e. The van der Waals surface area contributed by atoms with Gasteiger partial charge in [-0.05, 0) is 76.7 Å². The van der Waals surface area contributed by atoms with Crippen LogP contribution >= 0.6 is 11.8 Å². The van der Waals surface area contributed by atoms with Gasteiger partial charge in [0, 0.05) is 12.5 Å². The molecule has 3 amide bonds. The summed E-state index contributed by atoms with van der Waals surface area (Å²) in [7, 11) is 0. The third-order valence-corrected chi connectivity index (χ3v) is 6.27. The lowest BCUT2D eigenvalue weighted by Gasteiger charge is -2.30. The Morgan fingerprint density at radius 2 is 1.67 bits per heavy atom. The number of nitrogens with one attached hydrogen (secondary N) is 3. The molecule has 0 aromatic carbocycles. The topological polar surface area (TPSA) is 134 Å². The molecule has 1 aliphatic carbocycles. The van der Waals surface area contributed by atoms with E-state index >= 15 is 0 Å². The molecule has 1 aliphatic rings. The maximum absolute atomic E-state index is 12.7. The number of alkyl carbamates (subject to hydrolysis) is 1. The van der Waals surface area contributed by atoms with Gasteiger partial charge in [-0.2, -0.15) is 11.8 Å². The molecule has 1 saturated carbocycles. The predicted octanol–water partition coefficient (Wildman–Crippen LogP) is 2.78. The van der Waals surface area contributed by atoms with Crippen molar-refractivity contribution in [3.8, 4) is 0 Å². The molecular formula is C23H41N3O6S. The van der Waals surface area contributed by atoms with Crippen molar-refractivity contribution in [1.82, 2.24) is 16.0 Å². The number of carbonyl (C=O) groups excluding carboxylic acids is 3. The van der Waals surface area contributed by atoms with Crippen molar-refractivity contribution in [3.63, 3.8) is 0 Å². The third kappa shape index (κ3) is 11.1. The molecule has 2 atom stereocenters. The van der Waals surface area contributed by atoms with E-state index in [2.05, 4.69) is 16.0 Å². The molecule has 0 unspecified atom stereocenters. The molecule has 33 heavy (non-hydrogen) atoms. The van der Waals surface area contributed by atoms with E-state index in [9.17, 15) is 24.3 Å². The van der Waals surface area contributed by atoms with E-state index in [4.69, 9.17) is 4.74 Å². The van der Waals surface area contributed by atoms with Crippen LogP contribution in [-0.4, -0.2) is 65.2 Å². The number of carboxylic acid groups (broad SMARTS) is 1. The molecule has 0 heterocycles. The fourth-order valence-corrected chi connectivity index (χ4v) is 4.21. The zero-order valence-corrected chi connectivity index (χ0v) is 21.5. The third-order valence-electron chi connectivity index (χ3n) is 5.63. The van der Waals surface area contributed by atoms with Crippen molar-refractivity contribution in [3.05, 3.63) is 0 Å². The summed E-state index contributed by atoms with van der Waals surface area (Å²) in [4.78, 5) is 48.6. The van der Waals surface area contributed by atoms with Gasteiger partial charge < -0.3 is 25.8 Å². The van der Waals surface area contributed by atoms with Gasteiger partial charge in [0.2, 0.25) is 11.8 Å². The lowest BCUT2D eigenvalue weighted by atomic mass is 9.81. The second kappa shape index (κ2) is 13.7. The Labute approximate surface area is 201 Å². The molecular weight excluding hydrogens is 446 g/mol. The minimum atomic E-state index is -1.01. The highest BCUT2D eigenvalue weighted by atomic mass is 32.2. The Kier molecular flexibility index (Phi) is 12.0. The predicted molar refractivity (Wildman–Crippen MR) is 129 cm³/mol. The van der Waals surface area contributed by atoms with Crippen LogP contribution in [0.3, 0.4) is 0 Å². The highest BCUT2D eigenvalue weighted by Gasteiger charge is 2.31. The highest BCUT2D eigenvalue weighted by Crippen LogP contribution is 2.28. The number of carbonyl (C=O) groups is 4. The number of carboxylic acids is 1. The van der Waals surface area contributed by atoms with Crippen molar-refractivity contribution in [2.75, 3.05) is 18.6 Å². The number of rotatable bonds is 11. The van der Waals surface area contributed by atoms with Gasteiger partial charge in [0.25, 0.3) is 0 Å². The van der Waals surface area contributed by atoms with Crippen LogP contribution in [0, 0.1) is 17.8 Å². The number of amides is 3. The van der Waals surface area contributed by atoms with Crippen LogP contribution in [-0.2, 0) is 19.1 Å². The minimum Gasteiger partial charge on any atom is -0.480 e. The number of aliphatic carboxylic acids is 1. The van der Waals surface area contributed by atoms with Crippen LogP contribution in [0.2, 0.25) is 0 Å². The lowest BCUT2D eigenvalue weighted by molar-refractivity contribution is -0.142. The first-order valence-corrected chi connectivity index (χ1v) is 13.0. The first kappa shape index (κ1) is 29.1. The first-order chi connectivity index (χ1) is 15.3. The Hall–Kier alpha value is -1.97. The molecule has 0 spiro atoms. The molecule has 0 aromatic rings. The Morgan fingerprint density at radius 3 is 2.15 bits per heavy atom. The lowest BCUT2D eigenvalue weighted by Crippen LogP contribution is -2.51. The summed E-state index contributed by atoms with van der Waals surface area (Å²) in [6.45, 7) is 9.47. The molecule has 4 N–H and O–H groups in total. The van der Waals surface area contributed by atoms with Crippen LogP contribution in [0.4, 0.5) is 4.79 Å². The Balaban J connectivity index is 2.48. The SMILES string of the molecule is CSCC[C@H](NC(=O)C1CCC(CNC(=O)[C@@H](NC(=O)OC(C)(C)C)C(C)C)CC1)C(=O)O. The molecule has 1 rings (SSSR count). The molecule has 0 aliphatic heterocycles. The van der Waals surface area contributed by atoms with E-state index < -0.39 is 29.7 Å². The normalized spacial score (nSPS) is 20.5. The van der Waals surface area contributed by atoms with Gasteiger partial charge in [-0.3, -0.25) is 9.59 Å². The second-order valence-electron chi connectivity index (χ2n) is 10.0. The average Bonchev–Trinajstić information content (AvgIpc) is 2.71. The van der Waals surface area contributed by atoms with Crippen molar-refractivity contribution < 1.29 is 29.0 Å². The van der Waals surface area contributed by atoms with Gasteiger partial charge in [-0.25, -0.2) is 9.59 Å². The number of thioether (sulfide) groups is 1. The molecule has 0 aromatic heterocycles. The fourth-order valence-electron chi connectivity index (χ4n) is 3.74. The summed E-state index contributed by atoms with van der Waals surface area (Å²) in [5.74, 6) is -0.867. The van der Waals surface area contributed by atoms with Gasteiger partial charge in [0.05, 0.1) is 0 Å². The number of hydrogen-bond acceptors (Lipinski definition) is 6. The molecule has 0 bridgehead atoms. The van der Waals surface area contributed by atoms with E-state index in [0.29, 0.717) is 31.6 Å². The second-order valence-corrected chi connectivity index (χ2v) is 11.0. The van der Waals surface area contributed by atoms with Gasteiger partial charge >= 0.3 is 12.1 Å². The number of hydrogen-bond donors (Lipinski definition) is 4. The van der Waals surface area contributed by atoms with Crippen LogP contribution in [0.25, 0.3) is 0 Å².